The molecule has 3 atom stereocenters. The van der Waals surface area contributed by atoms with Gasteiger partial charge < -0.3 is 25.2 Å². The fraction of sp³-hybridized carbons (Fsp3) is 0.611. The van der Waals surface area contributed by atoms with Gasteiger partial charge in [-0.1, -0.05) is 38.4 Å². The summed E-state index contributed by atoms with van der Waals surface area (Å²) in [6.45, 7) is 6.05. The van der Waals surface area contributed by atoms with Gasteiger partial charge in [0.1, 0.15) is 17.5 Å². The first-order chi connectivity index (χ1) is 12.0. The van der Waals surface area contributed by atoms with Crippen LogP contribution in [0.15, 0.2) is 18.2 Å². The molecule has 1 saturated heterocycles. The monoisotopic (exact) mass is 388 g/mol. The first-order valence-corrected chi connectivity index (χ1v) is 8.75. The third-order valence-electron chi connectivity index (χ3n) is 4.86. The fourth-order valence-electron chi connectivity index (χ4n) is 3.11. The fourth-order valence-corrected chi connectivity index (χ4v) is 3.23. The van der Waals surface area contributed by atoms with Gasteiger partial charge in [-0.25, -0.2) is 9.18 Å². The number of benzene rings is 1. The second kappa shape index (κ2) is 7.68. The second-order valence-corrected chi connectivity index (χ2v) is 8.09. The molecular weight excluding hydrogens is 363 g/mol. The van der Waals surface area contributed by atoms with E-state index >= 15 is 0 Å². The Hall–Kier alpha value is -1.41. The molecular formula is C18H26ClFN2O4. The van der Waals surface area contributed by atoms with Gasteiger partial charge in [-0.2, -0.15) is 0 Å². The summed E-state index contributed by atoms with van der Waals surface area (Å²) < 4.78 is 26.1. The summed E-state index contributed by atoms with van der Waals surface area (Å²) >= 11 is 5.80. The van der Waals surface area contributed by atoms with Crippen LogP contribution in [0.4, 0.5) is 9.18 Å². The maximum absolute atomic E-state index is 14.1. The minimum atomic E-state index is -1.15. The van der Waals surface area contributed by atoms with Crippen LogP contribution >= 0.6 is 11.6 Å². The van der Waals surface area contributed by atoms with Crippen LogP contribution in [0.25, 0.3) is 0 Å². The number of amides is 1. The van der Waals surface area contributed by atoms with Crippen LogP contribution < -0.4 is 5.73 Å². The molecule has 0 aromatic heterocycles. The van der Waals surface area contributed by atoms with E-state index in [2.05, 4.69) is 0 Å². The van der Waals surface area contributed by atoms with E-state index in [9.17, 15) is 14.3 Å². The van der Waals surface area contributed by atoms with Crippen molar-refractivity contribution in [1.29, 1.82) is 0 Å². The summed E-state index contributed by atoms with van der Waals surface area (Å²) in [5.41, 5.74) is 4.98. The van der Waals surface area contributed by atoms with Gasteiger partial charge in [0.25, 0.3) is 0 Å². The Kier molecular flexibility index (Phi) is 6.17. The van der Waals surface area contributed by atoms with E-state index < -0.39 is 29.7 Å². The lowest BCUT2D eigenvalue weighted by Gasteiger charge is -2.39. The number of halogens is 2. The van der Waals surface area contributed by atoms with Crippen LogP contribution in [0.2, 0.25) is 5.02 Å². The van der Waals surface area contributed by atoms with Crippen molar-refractivity contribution in [2.24, 2.45) is 11.1 Å². The molecule has 1 amide bonds. The first kappa shape index (κ1) is 20.9. The van der Waals surface area contributed by atoms with E-state index in [-0.39, 0.29) is 30.1 Å². The number of carboxylic acid groups (broad SMARTS) is 1. The van der Waals surface area contributed by atoms with Gasteiger partial charge in [0, 0.05) is 13.7 Å². The van der Waals surface area contributed by atoms with Crippen LogP contribution in [0.1, 0.15) is 32.4 Å². The highest BCUT2D eigenvalue weighted by molar-refractivity contribution is 6.30. The number of ether oxygens (including phenoxy) is 2. The Balaban J connectivity index is 2.58. The van der Waals surface area contributed by atoms with E-state index in [1.165, 1.54) is 24.1 Å². The highest BCUT2D eigenvalue weighted by Gasteiger charge is 2.48. The molecule has 6 nitrogen and oxygen atoms in total. The zero-order valence-electron chi connectivity index (χ0n) is 15.5. The van der Waals surface area contributed by atoms with Gasteiger partial charge in [-0.15, -0.1) is 0 Å². The summed E-state index contributed by atoms with van der Waals surface area (Å²) in [5, 5.41) is 9.60. The van der Waals surface area contributed by atoms with Crippen LogP contribution in [-0.4, -0.2) is 54.5 Å². The summed E-state index contributed by atoms with van der Waals surface area (Å²) in [7, 11) is 1.45. The van der Waals surface area contributed by atoms with Crippen LogP contribution in [-0.2, 0) is 9.47 Å². The number of nitrogens with two attached hydrogens (primary N) is 1. The molecule has 2 rings (SSSR count). The Morgan fingerprint density at radius 2 is 2.19 bits per heavy atom. The zero-order valence-corrected chi connectivity index (χ0v) is 16.2. The van der Waals surface area contributed by atoms with E-state index in [1.54, 1.807) is 6.07 Å². The quantitative estimate of drug-likeness (QED) is 0.829. The molecule has 146 valence electrons. The summed E-state index contributed by atoms with van der Waals surface area (Å²) in [6, 6.07) is 4.38. The largest absolute Gasteiger partial charge is 0.465 e. The zero-order chi connectivity index (χ0) is 19.7. The Morgan fingerprint density at radius 1 is 1.54 bits per heavy atom. The minimum absolute atomic E-state index is 0.000937. The van der Waals surface area contributed by atoms with Gasteiger partial charge in [0.15, 0.2) is 0 Å². The summed E-state index contributed by atoms with van der Waals surface area (Å²) in [6.07, 6.45) is -2.27. The maximum Gasteiger partial charge on any atom is 0.407 e. The van der Waals surface area contributed by atoms with E-state index in [0.29, 0.717) is 5.56 Å². The molecule has 0 bridgehead atoms. The van der Waals surface area contributed by atoms with Crippen molar-refractivity contribution in [2.45, 2.75) is 38.6 Å². The van der Waals surface area contributed by atoms with E-state index in [0.717, 1.165) is 0 Å². The van der Waals surface area contributed by atoms with Crippen LogP contribution in [0.3, 0.4) is 0 Å². The summed E-state index contributed by atoms with van der Waals surface area (Å²) in [4.78, 5) is 13.0. The average molecular weight is 389 g/mol. The third-order valence-corrected chi connectivity index (χ3v) is 5.16. The van der Waals surface area contributed by atoms with Crippen molar-refractivity contribution in [1.82, 2.24) is 4.90 Å². The van der Waals surface area contributed by atoms with Crippen molar-refractivity contribution in [2.75, 3.05) is 26.7 Å². The molecule has 0 spiro atoms. The van der Waals surface area contributed by atoms with Crippen molar-refractivity contribution in [3.8, 4) is 0 Å². The van der Waals surface area contributed by atoms with Gasteiger partial charge in [0.2, 0.25) is 0 Å². The highest BCUT2D eigenvalue weighted by atomic mass is 35.5. The molecule has 1 aromatic carbocycles. The second-order valence-electron chi connectivity index (χ2n) is 7.68. The lowest BCUT2D eigenvalue weighted by molar-refractivity contribution is -0.151. The lowest BCUT2D eigenvalue weighted by atomic mass is 9.88. The molecule has 1 heterocycles. The Morgan fingerprint density at radius 3 is 2.65 bits per heavy atom. The molecule has 0 aliphatic carbocycles. The summed E-state index contributed by atoms with van der Waals surface area (Å²) in [5.74, 6) is -0.582. The standard InChI is InChI=1S/C18H26ClFN2O4/c1-17(2,3)14-8-22(16(23)24)10-18(9-21,25-4)15(26-14)11-5-6-12(19)13(20)7-11/h5-7,14-15H,8-10,21H2,1-4H3,(H,23,24). The van der Waals surface area contributed by atoms with Crippen molar-refractivity contribution in [3.05, 3.63) is 34.6 Å². The number of hydrogen-bond acceptors (Lipinski definition) is 4. The number of hydrogen-bond donors (Lipinski definition) is 2. The maximum atomic E-state index is 14.1. The van der Waals surface area contributed by atoms with Crippen molar-refractivity contribution >= 4 is 17.7 Å². The molecule has 8 heteroatoms. The van der Waals surface area contributed by atoms with Crippen LogP contribution in [0.5, 0.6) is 0 Å². The molecule has 26 heavy (non-hydrogen) atoms. The normalized spacial score (nSPS) is 27.3. The highest BCUT2D eigenvalue weighted by Crippen LogP contribution is 2.40. The average Bonchev–Trinajstić information content (AvgIpc) is 2.75. The minimum Gasteiger partial charge on any atom is -0.465 e. The van der Waals surface area contributed by atoms with Gasteiger partial charge in [0.05, 0.1) is 24.2 Å². The van der Waals surface area contributed by atoms with Crippen molar-refractivity contribution < 1.29 is 23.8 Å². The molecule has 1 aliphatic rings. The first-order valence-electron chi connectivity index (χ1n) is 8.37. The third kappa shape index (κ3) is 4.11. The van der Waals surface area contributed by atoms with E-state index in [4.69, 9.17) is 26.8 Å². The van der Waals surface area contributed by atoms with Crippen LogP contribution in [0, 0.1) is 11.2 Å². The van der Waals surface area contributed by atoms with Gasteiger partial charge in [-0.3, -0.25) is 0 Å². The number of rotatable bonds is 3. The molecule has 1 aromatic rings. The van der Waals surface area contributed by atoms with Crippen molar-refractivity contribution in [3.63, 3.8) is 0 Å². The SMILES string of the molecule is COC1(CN)CN(C(=O)O)CC(C(C)(C)C)OC1c1ccc(Cl)c(F)c1. The molecule has 0 saturated carbocycles. The molecule has 1 fully saturated rings. The smallest absolute Gasteiger partial charge is 0.407 e. The molecule has 3 unspecified atom stereocenters. The Labute approximate surface area is 158 Å². The molecule has 3 N–H and O–H groups in total. The topological polar surface area (TPSA) is 85.0 Å². The predicted octanol–water partition coefficient (Wildman–Crippen LogP) is 3.29. The predicted molar refractivity (Wildman–Crippen MR) is 96.9 cm³/mol. The van der Waals surface area contributed by atoms with Gasteiger partial charge in [-0.05, 0) is 23.1 Å². The number of methoxy groups -OCH3 is 1. The van der Waals surface area contributed by atoms with Gasteiger partial charge >= 0.3 is 6.09 Å². The Bertz CT molecular complexity index is 661. The lowest BCUT2D eigenvalue weighted by Crippen LogP contribution is -2.53. The van der Waals surface area contributed by atoms with E-state index in [1.807, 2.05) is 20.8 Å². The molecule has 1 aliphatic heterocycles. The molecule has 0 radical (unpaired) electrons. The number of carbonyl (C=O) groups is 1. The number of nitrogens with zero attached hydrogens (tertiary/aromatic N) is 1.